The molecule has 2 rings (SSSR count). The van der Waals surface area contributed by atoms with E-state index in [-0.39, 0.29) is 0 Å². The van der Waals surface area contributed by atoms with Crippen LogP contribution in [-0.2, 0) is 6.54 Å². The van der Waals surface area contributed by atoms with Crippen molar-refractivity contribution in [1.82, 2.24) is 15.2 Å². The lowest BCUT2D eigenvalue weighted by molar-refractivity contribution is 0.499. The predicted molar refractivity (Wildman–Crippen MR) is 63.4 cm³/mol. The first-order chi connectivity index (χ1) is 8.67. The summed E-state index contributed by atoms with van der Waals surface area (Å²) in [5, 5.41) is 4.12. The molecule has 0 aliphatic heterocycles. The molecule has 2 aromatic rings. The summed E-state index contributed by atoms with van der Waals surface area (Å²) in [6.07, 6.45) is 1.64. The second-order valence-electron chi connectivity index (χ2n) is 3.85. The molecule has 0 amide bonds. The van der Waals surface area contributed by atoms with E-state index in [4.69, 9.17) is 5.84 Å². The molecular formula is C12H14F2N4. The molecule has 1 aromatic carbocycles. The molecule has 3 N–H and O–H groups in total. The van der Waals surface area contributed by atoms with Crippen LogP contribution in [0.5, 0.6) is 0 Å². The highest BCUT2D eigenvalue weighted by molar-refractivity contribution is 5.28. The van der Waals surface area contributed by atoms with Crippen molar-refractivity contribution >= 4 is 0 Å². The summed E-state index contributed by atoms with van der Waals surface area (Å²) < 4.78 is 27.9. The third-order valence-corrected chi connectivity index (χ3v) is 2.79. The summed E-state index contributed by atoms with van der Waals surface area (Å²) in [4.78, 5) is 0. The van der Waals surface area contributed by atoms with Gasteiger partial charge in [-0.1, -0.05) is 6.07 Å². The average molecular weight is 252 g/mol. The van der Waals surface area contributed by atoms with E-state index in [0.717, 1.165) is 17.8 Å². The zero-order valence-electron chi connectivity index (χ0n) is 9.90. The molecule has 0 radical (unpaired) electrons. The number of nitrogens with two attached hydrogens (primary N) is 1. The van der Waals surface area contributed by atoms with E-state index >= 15 is 0 Å². The Morgan fingerprint density at radius 2 is 2.11 bits per heavy atom. The van der Waals surface area contributed by atoms with Crippen LogP contribution in [0.15, 0.2) is 30.5 Å². The first kappa shape index (κ1) is 12.7. The van der Waals surface area contributed by atoms with Gasteiger partial charge in [0.1, 0.15) is 0 Å². The zero-order valence-corrected chi connectivity index (χ0v) is 9.90. The minimum atomic E-state index is -0.893. The van der Waals surface area contributed by atoms with Crippen molar-refractivity contribution in [3.05, 3.63) is 53.4 Å². The van der Waals surface area contributed by atoms with Crippen molar-refractivity contribution in [3.63, 3.8) is 0 Å². The van der Waals surface area contributed by atoms with Crippen LogP contribution in [0, 0.1) is 11.6 Å². The lowest BCUT2D eigenvalue weighted by Crippen LogP contribution is -2.30. The monoisotopic (exact) mass is 252 g/mol. The van der Waals surface area contributed by atoms with Gasteiger partial charge in [0.2, 0.25) is 0 Å². The van der Waals surface area contributed by atoms with Crippen LogP contribution in [0.1, 0.15) is 24.2 Å². The smallest absolute Gasteiger partial charge is 0.159 e. The molecule has 6 heteroatoms. The van der Waals surface area contributed by atoms with Crippen molar-refractivity contribution in [2.24, 2.45) is 5.84 Å². The van der Waals surface area contributed by atoms with Crippen molar-refractivity contribution in [2.45, 2.75) is 19.5 Å². The Balaban J connectivity index is 2.42. The van der Waals surface area contributed by atoms with E-state index in [1.54, 1.807) is 16.9 Å². The van der Waals surface area contributed by atoms with Crippen molar-refractivity contribution < 1.29 is 8.78 Å². The van der Waals surface area contributed by atoms with Gasteiger partial charge in [-0.15, -0.1) is 0 Å². The minimum Gasteiger partial charge on any atom is -0.271 e. The van der Waals surface area contributed by atoms with E-state index in [0.29, 0.717) is 12.1 Å². The van der Waals surface area contributed by atoms with Gasteiger partial charge in [0.15, 0.2) is 11.6 Å². The standard InChI is InChI=1S/C12H14F2N4/c1-2-18-11(5-6-16-18)12(17-15)8-3-4-9(13)10(14)7-8/h3-7,12,17H,2,15H2,1H3. The van der Waals surface area contributed by atoms with E-state index in [1.165, 1.54) is 6.07 Å². The Bertz CT molecular complexity index is 539. The quantitative estimate of drug-likeness (QED) is 0.643. The highest BCUT2D eigenvalue weighted by atomic mass is 19.2. The third kappa shape index (κ3) is 2.25. The number of nitrogens with one attached hydrogen (secondary N) is 1. The topological polar surface area (TPSA) is 55.9 Å². The fourth-order valence-electron chi connectivity index (χ4n) is 1.90. The minimum absolute atomic E-state index is 0.428. The van der Waals surface area contributed by atoms with Gasteiger partial charge in [0.25, 0.3) is 0 Å². The number of aryl methyl sites for hydroxylation is 1. The van der Waals surface area contributed by atoms with Gasteiger partial charge in [-0.25, -0.2) is 14.2 Å². The van der Waals surface area contributed by atoms with Crippen LogP contribution in [0.4, 0.5) is 8.78 Å². The average Bonchev–Trinajstić information content (AvgIpc) is 2.83. The first-order valence-corrected chi connectivity index (χ1v) is 5.60. The molecule has 1 heterocycles. The van der Waals surface area contributed by atoms with Crippen LogP contribution in [0.2, 0.25) is 0 Å². The molecule has 0 bridgehead atoms. The molecule has 1 aromatic heterocycles. The number of hydrazine groups is 1. The normalized spacial score (nSPS) is 12.7. The van der Waals surface area contributed by atoms with Crippen molar-refractivity contribution in [2.75, 3.05) is 0 Å². The highest BCUT2D eigenvalue weighted by Gasteiger charge is 2.18. The molecule has 0 fully saturated rings. The summed E-state index contributed by atoms with van der Waals surface area (Å²) in [6.45, 7) is 2.61. The maximum Gasteiger partial charge on any atom is 0.159 e. The molecular weight excluding hydrogens is 238 g/mol. The lowest BCUT2D eigenvalue weighted by atomic mass is 10.0. The Kier molecular flexibility index (Phi) is 3.69. The molecule has 1 unspecified atom stereocenters. The molecule has 0 saturated heterocycles. The van der Waals surface area contributed by atoms with Gasteiger partial charge < -0.3 is 0 Å². The van der Waals surface area contributed by atoms with Gasteiger partial charge in [0, 0.05) is 12.7 Å². The SMILES string of the molecule is CCn1nccc1C(NN)c1ccc(F)c(F)c1. The first-order valence-electron chi connectivity index (χ1n) is 5.60. The van der Waals surface area contributed by atoms with E-state index < -0.39 is 17.7 Å². The van der Waals surface area contributed by atoms with Crippen molar-refractivity contribution in [1.29, 1.82) is 0 Å². The van der Waals surface area contributed by atoms with E-state index in [9.17, 15) is 8.78 Å². The van der Waals surface area contributed by atoms with Gasteiger partial charge in [-0.05, 0) is 30.7 Å². The van der Waals surface area contributed by atoms with Gasteiger partial charge in [0.05, 0.1) is 11.7 Å². The highest BCUT2D eigenvalue weighted by Crippen LogP contribution is 2.22. The second kappa shape index (κ2) is 5.24. The number of nitrogens with zero attached hydrogens (tertiary/aromatic N) is 2. The second-order valence-corrected chi connectivity index (χ2v) is 3.85. The molecule has 0 saturated carbocycles. The zero-order chi connectivity index (χ0) is 13.1. The summed E-state index contributed by atoms with van der Waals surface area (Å²) >= 11 is 0. The summed E-state index contributed by atoms with van der Waals surface area (Å²) in [7, 11) is 0. The Morgan fingerprint density at radius 1 is 1.33 bits per heavy atom. The Morgan fingerprint density at radius 3 is 2.72 bits per heavy atom. The van der Waals surface area contributed by atoms with Crippen LogP contribution >= 0.6 is 0 Å². The fraction of sp³-hybridized carbons (Fsp3) is 0.250. The van der Waals surface area contributed by atoms with Crippen LogP contribution in [0.25, 0.3) is 0 Å². The van der Waals surface area contributed by atoms with Crippen LogP contribution in [-0.4, -0.2) is 9.78 Å². The number of hydrogen-bond donors (Lipinski definition) is 2. The summed E-state index contributed by atoms with van der Waals surface area (Å²) in [5.74, 6) is 3.73. The number of benzene rings is 1. The Labute approximate surface area is 103 Å². The molecule has 1 atom stereocenters. The maximum atomic E-state index is 13.2. The van der Waals surface area contributed by atoms with Gasteiger partial charge in [-0.2, -0.15) is 5.10 Å². The van der Waals surface area contributed by atoms with Crippen molar-refractivity contribution in [3.8, 4) is 0 Å². The van der Waals surface area contributed by atoms with Crippen LogP contribution in [0.3, 0.4) is 0 Å². The van der Waals surface area contributed by atoms with Crippen LogP contribution < -0.4 is 11.3 Å². The molecule has 18 heavy (non-hydrogen) atoms. The summed E-state index contributed by atoms with van der Waals surface area (Å²) in [6, 6.07) is 5.07. The molecule has 96 valence electrons. The number of halogens is 2. The molecule has 0 aliphatic rings. The number of aromatic nitrogens is 2. The molecule has 0 aliphatic carbocycles. The van der Waals surface area contributed by atoms with E-state index in [1.807, 2.05) is 6.92 Å². The third-order valence-electron chi connectivity index (χ3n) is 2.79. The fourth-order valence-corrected chi connectivity index (χ4v) is 1.90. The van der Waals surface area contributed by atoms with Gasteiger partial charge in [-0.3, -0.25) is 10.5 Å². The van der Waals surface area contributed by atoms with E-state index in [2.05, 4.69) is 10.5 Å². The lowest BCUT2D eigenvalue weighted by Gasteiger charge is -2.17. The number of hydrogen-bond acceptors (Lipinski definition) is 3. The maximum absolute atomic E-state index is 13.2. The summed E-state index contributed by atoms with van der Waals surface area (Å²) in [5.41, 5.74) is 3.94. The predicted octanol–water partition coefficient (Wildman–Crippen LogP) is 1.73. The number of rotatable bonds is 4. The molecule has 0 spiro atoms. The Hall–Kier alpha value is -1.79. The largest absolute Gasteiger partial charge is 0.271 e. The molecule has 4 nitrogen and oxygen atoms in total. The van der Waals surface area contributed by atoms with Gasteiger partial charge >= 0.3 is 0 Å².